The molecule has 0 radical (unpaired) electrons. The fourth-order valence-electron chi connectivity index (χ4n) is 1.70. The van der Waals surface area contributed by atoms with Gasteiger partial charge in [0.15, 0.2) is 6.61 Å². The summed E-state index contributed by atoms with van der Waals surface area (Å²) in [6.07, 6.45) is 0. The van der Waals surface area contributed by atoms with Crippen LogP contribution in [0.4, 0.5) is 0 Å². The Labute approximate surface area is 149 Å². The summed E-state index contributed by atoms with van der Waals surface area (Å²) < 4.78 is 6.82. The van der Waals surface area contributed by atoms with Crippen molar-refractivity contribution in [2.24, 2.45) is 0 Å². The van der Waals surface area contributed by atoms with E-state index < -0.39 is 5.97 Å². The van der Waals surface area contributed by atoms with Crippen LogP contribution in [0, 0.1) is 0 Å². The molecule has 0 aliphatic heterocycles. The van der Waals surface area contributed by atoms with Gasteiger partial charge in [-0.3, -0.25) is 4.79 Å². The zero-order valence-electron chi connectivity index (χ0n) is 11.7. The van der Waals surface area contributed by atoms with Crippen LogP contribution in [-0.2, 0) is 16.1 Å². The normalized spacial score (nSPS) is 10.3. The Morgan fingerprint density at radius 3 is 2.55 bits per heavy atom. The summed E-state index contributed by atoms with van der Waals surface area (Å²) in [5.41, 5.74) is 0.992. The van der Waals surface area contributed by atoms with Crippen molar-refractivity contribution in [1.29, 1.82) is 0 Å². The third-order valence-corrected chi connectivity index (χ3v) is 5.27. The molecular formula is C15H13Br2NO3S. The highest BCUT2D eigenvalue weighted by atomic mass is 79.9. The van der Waals surface area contributed by atoms with E-state index in [1.165, 1.54) is 16.2 Å². The number of hydrogen-bond donors (Lipinski definition) is 0. The van der Waals surface area contributed by atoms with Gasteiger partial charge in [0.05, 0.1) is 3.79 Å². The standard InChI is InChI=1S/C15H13Br2NO3S/c1-18(8-10-4-2-3-5-11(10)16)14(19)9-21-15(20)12-6-7-13(17)22-12/h2-7H,8-9H2,1H3. The molecule has 1 aromatic heterocycles. The minimum atomic E-state index is -0.488. The Morgan fingerprint density at radius 1 is 1.18 bits per heavy atom. The smallest absolute Gasteiger partial charge is 0.348 e. The van der Waals surface area contributed by atoms with Crippen LogP contribution in [0.3, 0.4) is 0 Å². The van der Waals surface area contributed by atoms with Gasteiger partial charge in [-0.2, -0.15) is 0 Å². The maximum absolute atomic E-state index is 12.0. The first-order valence-electron chi connectivity index (χ1n) is 6.37. The molecule has 0 N–H and O–H groups in total. The minimum Gasteiger partial charge on any atom is -0.451 e. The first kappa shape index (κ1) is 17.2. The summed E-state index contributed by atoms with van der Waals surface area (Å²) in [6.45, 7) is 0.178. The number of nitrogens with zero attached hydrogens (tertiary/aromatic N) is 1. The number of halogens is 2. The first-order valence-corrected chi connectivity index (χ1v) is 8.77. The summed E-state index contributed by atoms with van der Waals surface area (Å²) in [5, 5.41) is 0. The lowest BCUT2D eigenvalue weighted by atomic mass is 10.2. The third kappa shape index (κ3) is 4.66. The Bertz CT molecular complexity index is 687. The molecule has 0 aliphatic rings. The highest BCUT2D eigenvalue weighted by Crippen LogP contribution is 2.22. The molecule has 2 rings (SSSR count). The summed E-state index contributed by atoms with van der Waals surface area (Å²) in [5.74, 6) is -0.738. The molecule has 1 aromatic carbocycles. The van der Waals surface area contributed by atoms with Crippen molar-refractivity contribution in [3.05, 3.63) is 55.1 Å². The highest BCUT2D eigenvalue weighted by molar-refractivity contribution is 9.11. The van der Waals surface area contributed by atoms with Crippen LogP contribution in [-0.4, -0.2) is 30.4 Å². The lowest BCUT2D eigenvalue weighted by Crippen LogP contribution is -2.30. The van der Waals surface area contributed by atoms with Gasteiger partial charge in [-0.25, -0.2) is 4.79 Å². The van der Waals surface area contributed by atoms with E-state index in [1.807, 2.05) is 24.3 Å². The molecule has 0 fully saturated rings. The summed E-state index contributed by atoms with van der Waals surface area (Å²) in [7, 11) is 1.68. The fraction of sp³-hybridized carbons (Fsp3) is 0.200. The van der Waals surface area contributed by atoms with Gasteiger partial charge < -0.3 is 9.64 Å². The predicted octanol–water partition coefficient (Wildman–Crippen LogP) is 4.09. The number of benzene rings is 1. The predicted molar refractivity (Wildman–Crippen MR) is 92.9 cm³/mol. The van der Waals surface area contributed by atoms with Gasteiger partial charge in [0.2, 0.25) is 0 Å². The second kappa shape index (κ2) is 7.89. The van der Waals surface area contributed by atoms with Gasteiger partial charge >= 0.3 is 5.97 Å². The quantitative estimate of drug-likeness (QED) is 0.650. The molecular weight excluding hydrogens is 434 g/mol. The molecule has 1 heterocycles. The molecule has 22 heavy (non-hydrogen) atoms. The molecule has 0 saturated heterocycles. The Kier molecular flexibility index (Phi) is 6.16. The first-order chi connectivity index (χ1) is 10.5. The molecule has 116 valence electrons. The number of hydrogen-bond acceptors (Lipinski definition) is 4. The molecule has 0 atom stereocenters. The topological polar surface area (TPSA) is 46.6 Å². The van der Waals surface area contributed by atoms with Crippen LogP contribution in [0.5, 0.6) is 0 Å². The Morgan fingerprint density at radius 2 is 1.91 bits per heavy atom. The van der Waals surface area contributed by atoms with Gasteiger partial charge in [0, 0.05) is 18.1 Å². The molecule has 7 heteroatoms. The summed E-state index contributed by atoms with van der Waals surface area (Å²) in [4.78, 5) is 25.8. The number of rotatable bonds is 5. The molecule has 2 aromatic rings. The van der Waals surface area contributed by atoms with Gasteiger partial charge in [0.25, 0.3) is 5.91 Å². The minimum absolute atomic E-state index is 0.250. The van der Waals surface area contributed by atoms with Crippen LogP contribution in [0.25, 0.3) is 0 Å². The van der Waals surface area contributed by atoms with E-state index in [4.69, 9.17) is 4.74 Å². The van der Waals surface area contributed by atoms with Gasteiger partial charge in [-0.1, -0.05) is 34.1 Å². The molecule has 0 unspecified atom stereocenters. The molecule has 0 bridgehead atoms. The van der Waals surface area contributed by atoms with E-state index in [2.05, 4.69) is 31.9 Å². The van der Waals surface area contributed by atoms with Gasteiger partial charge in [-0.15, -0.1) is 11.3 Å². The van der Waals surface area contributed by atoms with Crippen LogP contribution in [0.2, 0.25) is 0 Å². The largest absolute Gasteiger partial charge is 0.451 e. The lowest BCUT2D eigenvalue weighted by molar-refractivity contribution is -0.133. The Balaban J connectivity index is 1.86. The number of likely N-dealkylation sites (N-methyl/N-ethyl adjacent to an activating group) is 1. The number of carbonyl (C=O) groups is 2. The van der Waals surface area contributed by atoms with Crippen LogP contribution in [0.15, 0.2) is 44.7 Å². The van der Waals surface area contributed by atoms with Crippen molar-refractivity contribution in [3.8, 4) is 0 Å². The Hall–Kier alpha value is -1.18. The maximum Gasteiger partial charge on any atom is 0.348 e. The van der Waals surface area contributed by atoms with E-state index in [0.29, 0.717) is 11.4 Å². The summed E-state index contributed by atoms with van der Waals surface area (Å²) in [6, 6.07) is 11.1. The van der Waals surface area contributed by atoms with Crippen molar-refractivity contribution < 1.29 is 14.3 Å². The number of esters is 1. The van der Waals surface area contributed by atoms with E-state index in [1.54, 1.807) is 19.2 Å². The van der Waals surface area contributed by atoms with Crippen molar-refractivity contribution in [1.82, 2.24) is 4.90 Å². The molecule has 0 aliphatic carbocycles. The number of ether oxygens (including phenoxy) is 1. The zero-order valence-corrected chi connectivity index (χ0v) is 15.7. The van der Waals surface area contributed by atoms with E-state index in [0.717, 1.165) is 13.8 Å². The number of amides is 1. The van der Waals surface area contributed by atoms with Gasteiger partial charge in [-0.05, 0) is 39.7 Å². The van der Waals surface area contributed by atoms with Crippen molar-refractivity contribution in [2.75, 3.05) is 13.7 Å². The van der Waals surface area contributed by atoms with Gasteiger partial charge in [0.1, 0.15) is 4.88 Å². The van der Waals surface area contributed by atoms with Crippen LogP contribution in [0.1, 0.15) is 15.2 Å². The highest BCUT2D eigenvalue weighted by Gasteiger charge is 2.15. The molecule has 4 nitrogen and oxygen atoms in total. The monoisotopic (exact) mass is 445 g/mol. The van der Waals surface area contributed by atoms with Crippen LogP contribution >= 0.6 is 43.2 Å². The van der Waals surface area contributed by atoms with Crippen molar-refractivity contribution in [3.63, 3.8) is 0 Å². The molecule has 0 saturated carbocycles. The van der Waals surface area contributed by atoms with Crippen LogP contribution < -0.4 is 0 Å². The number of thiophene rings is 1. The SMILES string of the molecule is CN(Cc1ccccc1Br)C(=O)COC(=O)c1ccc(Br)s1. The number of carbonyl (C=O) groups excluding carboxylic acids is 2. The van der Waals surface area contributed by atoms with Crippen molar-refractivity contribution >= 4 is 55.1 Å². The average Bonchev–Trinajstić information content (AvgIpc) is 2.93. The zero-order chi connectivity index (χ0) is 16.1. The average molecular weight is 447 g/mol. The second-order valence-electron chi connectivity index (χ2n) is 4.52. The fourth-order valence-corrected chi connectivity index (χ4v) is 3.39. The maximum atomic E-state index is 12.0. The van der Waals surface area contributed by atoms with E-state index in [-0.39, 0.29) is 12.5 Å². The van der Waals surface area contributed by atoms with E-state index >= 15 is 0 Å². The second-order valence-corrected chi connectivity index (χ2v) is 7.84. The summed E-state index contributed by atoms with van der Waals surface area (Å²) >= 11 is 7.99. The van der Waals surface area contributed by atoms with Crippen molar-refractivity contribution in [2.45, 2.75) is 6.54 Å². The third-order valence-electron chi connectivity index (χ3n) is 2.89. The van der Waals surface area contributed by atoms with E-state index in [9.17, 15) is 9.59 Å². The molecule has 0 spiro atoms. The lowest BCUT2D eigenvalue weighted by Gasteiger charge is -2.17. The molecule has 1 amide bonds.